The number of carbonyl (C=O) groups is 1. The Bertz CT molecular complexity index is 344. The number of hydrogen-bond acceptors (Lipinski definition) is 4. The van der Waals surface area contributed by atoms with Gasteiger partial charge in [0.05, 0.1) is 7.11 Å². The van der Waals surface area contributed by atoms with E-state index in [9.17, 15) is 4.79 Å². The van der Waals surface area contributed by atoms with Crippen LogP contribution in [0.2, 0.25) is 0 Å². The van der Waals surface area contributed by atoms with Crippen molar-refractivity contribution >= 4 is 5.97 Å². The van der Waals surface area contributed by atoms with Gasteiger partial charge in [-0.1, -0.05) is 19.1 Å². The molecule has 0 atom stereocenters. The molecule has 5 nitrogen and oxygen atoms in total. The molecule has 15 heavy (non-hydrogen) atoms. The summed E-state index contributed by atoms with van der Waals surface area (Å²) in [4.78, 5) is 14.9. The summed E-state index contributed by atoms with van der Waals surface area (Å²) in [5.74, 6) is -0.394. The fourth-order valence-corrected chi connectivity index (χ4v) is 1.08. The second-order valence-electron chi connectivity index (χ2n) is 2.99. The molecule has 0 saturated carbocycles. The summed E-state index contributed by atoms with van der Waals surface area (Å²) < 4.78 is 6.13. The van der Waals surface area contributed by atoms with E-state index >= 15 is 0 Å². The molecule has 0 aliphatic rings. The van der Waals surface area contributed by atoms with Gasteiger partial charge in [-0.05, 0) is 12.8 Å². The molecule has 0 radical (unpaired) electrons. The first-order chi connectivity index (χ1) is 7.27. The molecule has 0 aliphatic heterocycles. The Morgan fingerprint density at radius 2 is 2.40 bits per heavy atom. The average Bonchev–Trinajstić information content (AvgIpc) is 2.72. The van der Waals surface area contributed by atoms with E-state index in [1.54, 1.807) is 4.68 Å². The van der Waals surface area contributed by atoms with Gasteiger partial charge < -0.3 is 4.74 Å². The van der Waals surface area contributed by atoms with E-state index in [0.717, 1.165) is 19.4 Å². The minimum atomic E-state index is -0.502. The Hall–Kier alpha value is -1.65. The van der Waals surface area contributed by atoms with E-state index in [4.69, 9.17) is 0 Å². The lowest BCUT2D eigenvalue weighted by atomic mass is 10.3. The number of aromatic nitrogens is 3. The molecule has 1 aromatic heterocycles. The van der Waals surface area contributed by atoms with Crippen LogP contribution in [0.3, 0.4) is 0 Å². The molecule has 0 unspecified atom stereocenters. The number of carbonyl (C=O) groups excluding carboxylic acids is 1. The Morgan fingerprint density at radius 3 is 3.07 bits per heavy atom. The molecular weight excluding hydrogens is 194 g/mol. The van der Waals surface area contributed by atoms with Crippen LogP contribution in [-0.2, 0) is 11.3 Å². The van der Waals surface area contributed by atoms with Crippen LogP contribution < -0.4 is 0 Å². The third-order valence-corrected chi connectivity index (χ3v) is 1.83. The van der Waals surface area contributed by atoms with E-state index in [1.165, 1.54) is 13.4 Å². The molecule has 0 N–H and O–H groups in total. The zero-order chi connectivity index (χ0) is 11.1. The van der Waals surface area contributed by atoms with Crippen molar-refractivity contribution < 1.29 is 9.53 Å². The number of hydrogen-bond donors (Lipinski definition) is 0. The van der Waals surface area contributed by atoms with Gasteiger partial charge in [-0.25, -0.2) is 9.78 Å². The number of nitrogens with zero attached hydrogens (tertiary/aromatic N) is 3. The lowest BCUT2D eigenvalue weighted by Crippen LogP contribution is -2.05. The summed E-state index contributed by atoms with van der Waals surface area (Å²) in [6.07, 6.45) is 7.63. The smallest absolute Gasteiger partial charge is 0.377 e. The highest BCUT2D eigenvalue weighted by atomic mass is 16.5. The lowest BCUT2D eigenvalue weighted by Gasteiger charge is -1.95. The van der Waals surface area contributed by atoms with Gasteiger partial charge in [-0.15, -0.1) is 5.10 Å². The van der Waals surface area contributed by atoms with Crippen molar-refractivity contribution in [1.82, 2.24) is 14.8 Å². The van der Waals surface area contributed by atoms with Gasteiger partial charge in [0.2, 0.25) is 0 Å². The molecule has 0 amide bonds. The van der Waals surface area contributed by atoms with Crippen molar-refractivity contribution in [2.75, 3.05) is 7.11 Å². The number of ether oxygens (including phenoxy) is 1. The number of methoxy groups -OCH3 is 1. The van der Waals surface area contributed by atoms with Crippen LogP contribution in [0.25, 0.3) is 0 Å². The summed E-state index contributed by atoms with van der Waals surface area (Å²) in [6.45, 7) is 2.81. The molecular formula is C10H15N3O2. The van der Waals surface area contributed by atoms with Gasteiger partial charge in [0.25, 0.3) is 5.82 Å². The predicted octanol–water partition coefficient (Wildman–Crippen LogP) is 1.42. The topological polar surface area (TPSA) is 57.0 Å². The van der Waals surface area contributed by atoms with E-state index in [0.29, 0.717) is 0 Å². The molecule has 1 aromatic rings. The van der Waals surface area contributed by atoms with E-state index < -0.39 is 5.97 Å². The second-order valence-corrected chi connectivity index (χ2v) is 2.99. The zero-order valence-electron chi connectivity index (χ0n) is 9.01. The number of allylic oxidation sites excluding steroid dienone is 2. The highest BCUT2D eigenvalue weighted by Crippen LogP contribution is 1.95. The van der Waals surface area contributed by atoms with E-state index in [-0.39, 0.29) is 5.82 Å². The predicted molar refractivity (Wildman–Crippen MR) is 55.4 cm³/mol. The normalized spacial score (nSPS) is 10.8. The third-order valence-electron chi connectivity index (χ3n) is 1.83. The molecule has 0 spiro atoms. The second kappa shape index (κ2) is 5.95. The van der Waals surface area contributed by atoms with Crippen molar-refractivity contribution in [2.45, 2.75) is 26.3 Å². The van der Waals surface area contributed by atoms with Crippen molar-refractivity contribution in [3.63, 3.8) is 0 Å². The Morgan fingerprint density at radius 1 is 1.60 bits per heavy atom. The monoisotopic (exact) mass is 209 g/mol. The van der Waals surface area contributed by atoms with Crippen molar-refractivity contribution in [3.05, 3.63) is 24.3 Å². The van der Waals surface area contributed by atoms with Gasteiger partial charge in [-0.2, -0.15) is 0 Å². The molecule has 0 saturated heterocycles. The van der Waals surface area contributed by atoms with Crippen LogP contribution in [0.1, 0.15) is 30.4 Å². The Kier molecular flexibility index (Phi) is 4.53. The van der Waals surface area contributed by atoms with Crippen LogP contribution in [0.15, 0.2) is 18.5 Å². The molecule has 5 heteroatoms. The largest absolute Gasteiger partial charge is 0.463 e. The fourth-order valence-electron chi connectivity index (χ4n) is 1.08. The van der Waals surface area contributed by atoms with Gasteiger partial charge in [0.15, 0.2) is 0 Å². The van der Waals surface area contributed by atoms with Crippen LogP contribution in [0.4, 0.5) is 0 Å². The van der Waals surface area contributed by atoms with Crippen molar-refractivity contribution in [2.24, 2.45) is 0 Å². The van der Waals surface area contributed by atoms with Crippen LogP contribution in [0.5, 0.6) is 0 Å². The first-order valence-corrected chi connectivity index (χ1v) is 4.90. The maximum atomic E-state index is 11.0. The minimum absolute atomic E-state index is 0.108. The zero-order valence-corrected chi connectivity index (χ0v) is 9.01. The number of aryl methyl sites for hydroxylation is 1. The summed E-state index contributed by atoms with van der Waals surface area (Å²) in [7, 11) is 1.31. The standard InChI is InChI=1S/C10H15N3O2/c1-3-4-5-6-7-13-8-11-9(12-13)10(14)15-2/h4-5,8H,3,6-7H2,1-2H3. The lowest BCUT2D eigenvalue weighted by molar-refractivity contribution is 0.0586. The van der Waals surface area contributed by atoms with Crippen molar-refractivity contribution in [3.8, 4) is 0 Å². The minimum Gasteiger partial charge on any atom is -0.463 e. The summed E-state index contributed by atoms with van der Waals surface area (Å²) in [5, 5.41) is 3.98. The maximum Gasteiger partial charge on any atom is 0.377 e. The summed E-state index contributed by atoms with van der Waals surface area (Å²) in [5.41, 5.74) is 0. The SMILES string of the molecule is CCC=CCCn1cnc(C(=O)OC)n1. The van der Waals surface area contributed by atoms with E-state index in [1.807, 2.05) is 0 Å². The molecule has 0 fully saturated rings. The van der Waals surface area contributed by atoms with Gasteiger partial charge >= 0.3 is 5.97 Å². The van der Waals surface area contributed by atoms with E-state index in [2.05, 4.69) is 33.9 Å². The van der Waals surface area contributed by atoms with Crippen LogP contribution >= 0.6 is 0 Å². The summed E-state index contributed by atoms with van der Waals surface area (Å²) in [6, 6.07) is 0. The summed E-state index contributed by atoms with van der Waals surface area (Å²) >= 11 is 0. The number of esters is 1. The quantitative estimate of drug-likeness (QED) is 0.543. The van der Waals surface area contributed by atoms with Gasteiger partial charge in [0, 0.05) is 6.54 Å². The molecule has 0 bridgehead atoms. The molecule has 1 heterocycles. The van der Waals surface area contributed by atoms with Gasteiger partial charge in [0.1, 0.15) is 6.33 Å². The molecule has 82 valence electrons. The van der Waals surface area contributed by atoms with Crippen LogP contribution in [0, 0.1) is 0 Å². The Balaban J connectivity index is 2.46. The first kappa shape index (κ1) is 11.4. The molecule has 1 rings (SSSR count). The highest BCUT2D eigenvalue weighted by Gasteiger charge is 2.10. The molecule has 0 aromatic carbocycles. The van der Waals surface area contributed by atoms with Crippen molar-refractivity contribution in [1.29, 1.82) is 0 Å². The highest BCUT2D eigenvalue weighted by molar-refractivity contribution is 5.84. The first-order valence-electron chi connectivity index (χ1n) is 4.90. The molecule has 0 aliphatic carbocycles. The van der Waals surface area contributed by atoms with Gasteiger partial charge in [-0.3, -0.25) is 4.68 Å². The number of rotatable bonds is 5. The third kappa shape index (κ3) is 3.53. The van der Waals surface area contributed by atoms with Crippen LogP contribution in [-0.4, -0.2) is 27.8 Å². The maximum absolute atomic E-state index is 11.0. The fraction of sp³-hybridized carbons (Fsp3) is 0.500. The Labute approximate surface area is 88.8 Å². The average molecular weight is 209 g/mol.